The maximum absolute atomic E-state index is 12.2. The summed E-state index contributed by atoms with van der Waals surface area (Å²) >= 11 is 8.97. The Morgan fingerprint density at radius 3 is 2.29 bits per heavy atom. The second-order valence-corrected chi connectivity index (χ2v) is 9.94. The van der Waals surface area contributed by atoms with E-state index in [4.69, 9.17) is 11.6 Å². The molecule has 0 heterocycles. The minimum Gasteiger partial charge on any atom is -0.213 e. The molecule has 0 fully saturated rings. The molecule has 0 saturated carbocycles. The lowest BCUT2D eigenvalue weighted by atomic mass is 10.1. The lowest BCUT2D eigenvalue weighted by Gasteiger charge is -2.25. The fourth-order valence-corrected chi connectivity index (χ4v) is 4.50. The number of hydrogen-bond acceptors (Lipinski definition) is 4. The molecule has 0 spiro atoms. The van der Waals surface area contributed by atoms with E-state index in [-0.39, 0.29) is 11.4 Å². The fourth-order valence-electron chi connectivity index (χ4n) is 1.54. The van der Waals surface area contributed by atoms with Crippen LogP contribution < -0.4 is 9.44 Å². The molecule has 0 aliphatic rings. The van der Waals surface area contributed by atoms with E-state index in [1.807, 2.05) is 0 Å². The topological polar surface area (TPSA) is 92.3 Å². The summed E-state index contributed by atoms with van der Waals surface area (Å²) in [6.07, 6.45) is 1.01. The van der Waals surface area contributed by atoms with Crippen LogP contribution in [0, 0.1) is 0 Å². The molecule has 0 saturated heterocycles. The third-order valence-electron chi connectivity index (χ3n) is 2.37. The standard InChI is InChI=1S/C11H16BrClN2O4S2/c1-11(2,15-20(3,16)17)7-14-21(18,19)8-4-5-10(13)9(12)6-8/h4-6,14-15H,7H2,1-3H3. The van der Waals surface area contributed by atoms with Crippen LogP contribution >= 0.6 is 27.5 Å². The lowest BCUT2D eigenvalue weighted by molar-refractivity contribution is 0.446. The van der Waals surface area contributed by atoms with Gasteiger partial charge in [0.15, 0.2) is 0 Å². The number of hydrogen-bond donors (Lipinski definition) is 2. The molecule has 0 bridgehead atoms. The normalized spacial score (nSPS) is 13.4. The lowest BCUT2D eigenvalue weighted by Crippen LogP contribution is -2.50. The van der Waals surface area contributed by atoms with Gasteiger partial charge in [-0.2, -0.15) is 0 Å². The Bertz CT molecular complexity index is 733. The summed E-state index contributed by atoms with van der Waals surface area (Å²) in [5.41, 5.74) is -0.954. The molecule has 0 radical (unpaired) electrons. The number of benzene rings is 1. The third-order valence-corrected chi connectivity index (χ3v) is 5.90. The largest absolute Gasteiger partial charge is 0.240 e. The summed E-state index contributed by atoms with van der Waals surface area (Å²) in [7, 11) is -7.20. The highest BCUT2D eigenvalue weighted by atomic mass is 79.9. The van der Waals surface area contributed by atoms with Crippen LogP contribution in [0.2, 0.25) is 5.02 Å². The fraction of sp³-hybridized carbons (Fsp3) is 0.455. The SMILES string of the molecule is CC(C)(CNS(=O)(=O)c1ccc(Cl)c(Br)c1)NS(C)(=O)=O. The molecule has 10 heteroatoms. The molecule has 0 aromatic heterocycles. The van der Waals surface area contributed by atoms with Gasteiger partial charge in [0, 0.05) is 16.6 Å². The first-order chi connectivity index (χ1) is 9.32. The minimum atomic E-state index is -3.76. The van der Waals surface area contributed by atoms with E-state index < -0.39 is 25.6 Å². The van der Waals surface area contributed by atoms with Crippen LogP contribution in [0.15, 0.2) is 27.6 Å². The Balaban J connectivity index is 2.89. The summed E-state index contributed by atoms with van der Waals surface area (Å²) < 4.78 is 51.9. The summed E-state index contributed by atoms with van der Waals surface area (Å²) in [4.78, 5) is 0.0360. The summed E-state index contributed by atoms with van der Waals surface area (Å²) in [6, 6.07) is 4.20. The Morgan fingerprint density at radius 2 is 1.81 bits per heavy atom. The monoisotopic (exact) mass is 418 g/mol. The van der Waals surface area contributed by atoms with Gasteiger partial charge in [-0.1, -0.05) is 11.6 Å². The molecular formula is C11H16BrClN2O4S2. The van der Waals surface area contributed by atoms with Crippen LogP contribution in [0.1, 0.15) is 13.8 Å². The van der Waals surface area contributed by atoms with Gasteiger partial charge in [0.1, 0.15) is 0 Å². The van der Waals surface area contributed by atoms with E-state index in [0.29, 0.717) is 9.50 Å². The van der Waals surface area contributed by atoms with Gasteiger partial charge in [-0.3, -0.25) is 0 Å². The predicted octanol–water partition coefficient (Wildman–Crippen LogP) is 1.71. The van der Waals surface area contributed by atoms with Crippen molar-refractivity contribution in [3.05, 3.63) is 27.7 Å². The highest BCUT2D eigenvalue weighted by Crippen LogP contribution is 2.25. The first kappa shape index (κ1) is 18.9. The van der Waals surface area contributed by atoms with E-state index in [1.165, 1.54) is 18.2 Å². The smallest absolute Gasteiger partial charge is 0.213 e. The van der Waals surface area contributed by atoms with Crippen LogP contribution in [0.4, 0.5) is 0 Å². The molecule has 1 aromatic rings. The quantitative estimate of drug-likeness (QED) is 0.734. The molecule has 0 unspecified atom stereocenters. The molecule has 2 N–H and O–H groups in total. The van der Waals surface area contributed by atoms with Crippen molar-refractivity contribution in [2.45, 2.75) is 24.3 Å². The first-order valence-electron chi connectivity index (χ1n) is 5.76. The van der Waals surface area contributed by atoms with Gasteiger partial charge in [-0.15, -0.1) is 0 Å². The Labute approximate surface area is 138 Å². The Morgan fingerprint density at radius 1 is 1.24 bits per heavy atom. The molecule has 1 aromatic carbocycles. The minimum absolute atomic E-state index is 0.0360. The summed E-state index contributed by atoms with van der Waals surface area (Å²) in [6.45, 7) is 3.06. The molecule has 6 nitrogen and oxygen atoms in total. The zero-order valence-corrected chi connectivity index (χ0v) is 15.6. The van der Waals surface area contributed by atoms with E-state index in [2.05, 4.69) is 25.4 Å². The predicted molar refractivity (Wildman–Crippen MR) is 86.4 cm³/mol. The second-order valence-electron chi connectivity index (χ2n) is 5.16. The van der Waals surface area contributed by atoms with Crippen molar-refractivity contribution in [3.8, 4) is 0 Å². The molecule has 0 aliphatic carbocycles. The molecule has 120 valence electrons. The highest BCUT2D eigenvalue weighted by Gasteiger charge is 2.25. The third kappa shape index (κ3) is 6.21. The van der Waals surface area contributed by atoms with Gasteiger partial charge in [-0.05, 0) is 48.0 Å². The second kappa shape index (κ2) is 6.51. The van der Waals surface area contributed by atoms with Gasteiger partial charge >= 0.3 is 0 Å². The van der Waals surface area contributed by atoms with Crippen molar-refractivity contribution in [2.24, 2.45) is 0 Å². The van der Waals surface area contributed by atoms with Crippen molar-refractivity contribution in [3.63, 3.8) is 0 Å². The van der Waals surface area contributed by atoms with E-state index in [1.54, 1.807) is 13.8 Å². The molecular weight excluding hydrogens is 404 g/mol. The van der Waals surface area contributed by atoms with Crippen LogP contribution in [-0.2, 0) is 20.0 Å². The summed E-state index contributed by atoms with van der Waals surface area (Å²) in [5.74, 6) is 0. The zero-order valence-electron chi connectivity index (χ0n) is 11.6. The van der Waals surface area contributed by atoms with Gasteiger partial charge in [0.05, 0.1) is 16.2 Å². The van der Waals surface area contributed by atoms with Gasteiger partial charge < -0.3 is 0 Å². The number of rotatable bonds is 6. The van der Waals surface area contributed by atoms with Crippen molar-refractivity contribution in [2.75, 3.05) is 12.8 Å². The Hall–Kier alpha value is -0.190. The zero-order chi connectivity index (χ0) is 16.5. The van der Waals surface area contributed by atoms with Crippen molar-refractivity contribution in [1.29, 1.82) is 0 Å². The average Bonchev–Trinajstić information content (AvgIpc) is 2.27. The van der Waals surface area contributed by atoms with Gasteiger partial charge in [-0.25, -0.2) is 26.3 Å². The first-order valence-corrected chi connectivity index (χ1v) is 10.3. The van der Waals surface area contributed by atoms with Crippen LogP contribution in [-0.4, -0.2) is 35.2 Å². The van der Waals surface area contributed by atoms with Crippen LogP contribution in [0.5, 0.6) is 0 Å². The average molecular weight is 420 g/mol. The highest BCUT2D eigenvalue weighted by molar-refractivity contribution is 9.10. The van der Waals surface area contributed by atoms with Crippen molar-refractivity contribution in [1.82, 2.24) is 9.44 Å². The Kier molecular flexibility index (Phi) is 5.85. The van der Waals surface area contributed by atoms with Crippen molar-refractivity contribution >= 4 is 47.6 Å². The molecule has 1 rings (SSSR count). The van der Waals surface area contributed by atoms with Gasteiger partial charge in [0.2, 0.25) is 20.0 Å². The molecule has 0 aliphatic heterocycles. The van der Waals surface area contributed by atoms with Crippen LogP contribution in [0.25, 0.3) is 0 Å². The molecule has 21 heavy (non-hydrogen) atoms. The van der Waals surface area contributed by atoms with Crippen LogP contribution in [0.3, 0.4) is 0 Å². The maximum atomic E-state index is 12.2. The number of nitrogens with one attached hydrogen (secondary N) is 2. The van der Waals surface area contributed by atoms with E-state index in [9.17, 15) is 16.8 Å². The van der Waals surface area contributed by atoms with Crippen molar-refractivity contribution < 1.29 is 16.8 Å². The number of halogens is 2. The maximum Gasteiger partial charge on any atom is 0.240 e. The molecule has 0 atom stereocenters. The molecule has 0 amide bonds. The van der Waals surface area contributed by atoms with E-state index in [0.717, 1.165) is 6.26 Å². The van der Waals surface area contributed by atoms with Gasteiger partial charge in [0.25, 0.3) is 0 Å². The van der Waals surface area contributed by atoms with E-state index >= 15 is 0 Å². The summed E-state index contributed by atoms with van der Waals surface area (Å²) in [5, 5.41) is 0.396. The number of sulfonamides is 2.